The van der Waals surface area contributed by atoms with Crippen LogP contribution in [0.25, 0.3) is 55.7 Å². The van der Waals surface area contributed by atoms with E-state index in [1.165, 1.54) is 32.4 Å². The van der Waals surface area contributed by atoms with E-state index in [0.717, 1.165) is 83.8 Å². The summed E-state index contributed by atoms with van der Waals surface area (Å²) in [5.41, 5.74) is 8.28. The number of hydrogen-bond donors (Lipinski definition) is 1. The molecule has 15 heteroatoms. The van der Waals surface area contributed by atoms with Gasteiger partial charge in [0.15, 0.2) is 33.6 Å². The summed E-state index contributed by atoms with van der Waals surface area (Å²) in [5, 5.41) is 3.69. The quantitative estimate of drug-likeness (QED) is 0.261. The summed E-state index contributed by atoms with van der Waals surface area (Å²) < 4.78 is 4.02. The number of benzene rings is 2. The zero-order chi connectivity index (χ0) is 34.7. The first kappa shape index (κ1) is 33.0. The third-order valence-corrected chi connectivity index (χ3v) is 9.56. The number of imidazole rings is 2. The van der Waals surface area contributed by atoms with Gasteiger partial charge in [-0.25, -0.2) is 39.9 Å². The van der Waals surface area contributed by atoms with Crippen molar-refractivity contribution in [3.05, 3.63) is 78.7 Å². The van der Waals surface area contributed by atoms with Gasteiger partial charge in [-0.15, -0.1) is 0 Å². The Labute approximate surface area is 299 Å². The second-order valence-corrected chi connectivity index (χ2v) is 13.2. The summed E-state index contributed by atoms with van der Waals surface area (Å²) in [6, 6.07) is 16.0. The molecule has 0 radical (unpaired) electrons. The fourth-order valence-electron chi connectivity index (χ4n) is 6.67. The highest BCUT2D eigenvalue weighted by molar-refractivity contribution is 6.32. The van der Waals surface area contributed by atoms with E-state index >= 15 is 0 Å². The lowest BCUT2D eigenvalue weighted by Crippen LogP contribution is -2.30. The van der Waals surface area contributed by atoms with E-state index in [2.05, 4.69) is 74.5 Å². The number of hydrogen-bond acceptors (Lipinski definition) is 12. The molecule has 2 aliphatic rings. The smallest absolute Gasteiger partial charge is 0.183 e. The summed E-state index contributed by atoms with van der Waals surface area (Å²) >= 11 is 6.16. The van der Waals surface area contributed by atoms with Crippen molar-refractivity contribution in [3.8, 4) is 0 Å². The molecule has 10 rings (SSSR count). The predicted octanol–water partition coefficient (Wildman–Crippen LogP) is 4.36. The summed E-state index contributed by atoms with van der Waals surface area (Å²) in [6.07, 6.45) is 8.90. The van der Waals surface area contributed by atoms with Crippen LogP contribution in [0.15, 0.2) is 73.6 Å². The first-order valence-corrected chi connectivity index (χ1v) is 17.6. The van der Waals surface area contributed by atoms with Crippen LogP contribution in [0.3, 0.4) is 0 Å². The van der Waals surface area contributed by atoms with E-state index in [1.807, 2.05) is 46.9 Å². The Morgan fingerprint density at radius 2 is 1.18 bits per heavy atom. The molecule has 8 aromatic rings. The number of rotatable bonds is 1. The summed E-state index contributed by atoms with van der Waals surface area (Å²) in [4.78, 5) is 42.4. The van der Waals surface area contributed by atoms with Crippen LogP contribution in [0.5, 0.6) is 0 Å². The number of halogens is 1. The molecule has 2 saturated heterocycles. The van der Waals surface area contributed by atoms with E-state index in [0.29, 0.717) is 22.0 Å². The maximum Gasteiger partial charge on any atom is 0.183 e. The molecule has 2 fully saturated rings. The molecule has 1 N–H and O–H groups in total. The number of nitrogens with zero attached hydrogens (tertiary/aromatic N) is 13. The summed E-state index contributed by atoms with van der Waals surface area (Å²) in [6.45, 7) is 8.89. The number of nitrogens with one attached hydrogen (secondary N) is 1. The molecule has 0 bridgehead atoms. The number of anilines is 1. The van der Waals surface area contributed by atoms with Gasteiger partial charge in [-0.2, -0.15) is 0 Å². The highest BCUT2D eigenvalue weighted by Gasteiger charge is 2.21. The van der Waals surface area contributed by atoms with E-state index < -0.39 is 0 Å². The fourth-order valence-corrected chi connectivity index (χ4v) is 6.89. The van der Waals surface area contributed by atoms with Gasteiger partial charge in [0.2, 0.25) is 0 Å². The summed E-state index contributed by atoms with van der Waals surface area (Å²) in [5.74, 6) is 0.925. The van der Waals surface area contributed by atoms with E-state index in [9.17, 15) is 0 Å². The molecule has 0 unspecified atom stereocenters. The van der Waals surface area contributed by atoms with Gasteiger partial charge in [0, 0.05) is 32.7 Å². The van der Waals surface area contributed by atoms with Crippen molar-refractivity contribution < 1.29 is 0 Å². The van der Waals surface area contributed by atoms with Crippen molar-refractivity contribution in [3.63, 3.8) is 0 Å². The Morgan fingerprint density at radius 1 is 0.569 bits per heavy atom. The van der Waals surface area contributed by atoms with Gasteiger partial charge >= 0.3 is 0 Å². The van der Waals surface area contributed by atoms with E-state index in [-0.39, 0.29) is 0 Å². The highest BCUT2D eigenvalue weighted by atomic mass is 35.5. The van der Waals surface area contributed by atoms with Crippen molar-refractivity contribution in [2.45, 2.75) is 12.8 Å². The van der Waals surface area contributed by atoms with Gasteiger partial charge in [-0.3, -0.25) is 8.80 Å². The highest BCUT2D eigenvalue weighted by Crippen LogP contribution is 2.28. The first-order valence-electron chi connectivity index (χ1n) is 17.3. The zero-order valence-electron chi connectivity index (χ0n) is 28.7. The molecule has 2 aromatic carbocycles. The third kappa shape index (κ3) is 6.70. The maximum absolute atomic E-state index is 6.16. The standard InChI is InChI=1S/C18H19N7.C12H6ClN5.C6H14N2/c1-23-7-4-8-24(10-9-23)17-18-21-13-5-2-3-6-15(13)25(18)16-14(22-17)11-19-12-20-16;13-10-12-17-7-3-1-2-4-9(7)18(12)11-8(16-10)5-14-6-15-11;1-8-5-2-3-7-4-6-8/h2-3,5-6,11-12H,4,7-10H2,1H3;1-6H;7H,2-6H2,1H3. The van der Waals surface area contributed by atoms with Crippen LogP contribution in [0.2, 0.25) is 5.15 Å². The molecule has 2 aliphatic heterocycles. The first-order chi connectivity index (χ1) is 25.0. The normalized spacial score (nSPS) is 16.3. The lowest BCUT2D eigenvalue weighted by molar-refractivity contribution is 0.358. The van der Waals surface area contributed by atoms with Gasteiger partial charge in [-0.05, 0) is 70.8 Å². The average molecular weight is 703 g/mol. The molecule has 14 nitrogen and oxygen atoms in total. The van der Waals surface area contributed by atoms with Gasteiger partial charge in [0.25, 0.3) is 0 Å². The van der Waals surface area contributed by atoms with Crippen LogP contribution in [-0.2, 0) is 0 Å². The molecule has 51 heavy (non-hydrogen) atoms. The largest absolute Gasteiger partial charge is 0.352 e. The van der Waals surface area contributed by atoms with Crippen molar-refractivity contribution in [1.29, 1.82) is 0 Å². The Kier molecular flexibility index (Phi) is 9.45. The van der Waals surface area contributed by atoms with E-state index in [4.69, 9.17) is 21.6 Å². The minimum Gasteiger partial charge on any atom is -0.352 e. The average Bonchev–Trinajstić information content (AvgIpc) is 3.56. The number of para-hydroxylation sites is 4. The molecule has 0 aliphatic carbocycles. The molecular formula is C36H39ClN14. The predicted molar refractivity (Wildman–Crippen MR) is 201 cm³/mol. The Morgan fingerprint density at radius 3 is 1.90 bits per heavy atom. The number of aromatic nitrogens is 10. The van der Waals surface area contributed by atoms with Crippen LogP contribution >= 0.6 is 11.6 Å². The number of fused-ring (bicyclic) bond motifs is 10. The lowest BCUT2D eigenvalue weighted by Gasteiger charge is -2.22. The van der Waals surface area contributed by atoms with Crippen LogP contribution < -0.4 is 10.2 Å². The van der Waals surface area contributed by atoms with Crippen LogP contribution in [0.1, 0.15) is 12.8 Å². The van der Waals surface area contributed by atoms with Crippen LogP contribution in [0.4, 0.5) is 5.82 Å². The van der Waals surface area contributed by atoms with Gasteiger partial charge in [-0.1, -0.05) is 35.9 Å². The maximum atomic E-state index is 6.16. The lowest BCUT2D eigenvalue weighted by atomic mass is 10.3. The molecule has 0 saturated carbocycles. The zero-order valence-corrected chi connectivity index (χ0v) is 29.4. The molecule has 260 valence electrons. The van der Waals surface area contributed by atoms with Crippen molar-refractivity contribution >= 4 is 73.1 Å². The molecule has 6 aromatic heterocycles. The Bertz CT molecular complexity index is 2450. The molecule has 0 amide bonds. The van der Waals surface area contributed by atoms with Crippen LogP contribution in [0, 0.1) is 0 Å². The van der Waals surface area contributed by atoms with Crippen molar-refractivity contribution in [2.24, 2.45) is 0 Å². The second-order valence-electron chi connectivity index (χ2n) is 12.9. The summed E-state index contributed by atoms with van der Waals surface area (Å²) in [7, 11) is 4.34. The molecule has 8 heterocycles. The third-order valence-electron chi connectivity index (χ3n) is 9.30. The van der Waals surface area contributed by atoms with E-state index in [1.54, 1.807) is 18.7 Å². The van der Waals surface area contributed by atoms with Gasteiger partial charge in [0.05, 0.1) is 34.5 Å². The van der Waals surface area contributed by atoms with Gasteiger partial charge in [0.1, 0.15) is 23.7 Å². The van der Waals surface area contributed by atoms with Crippen LogP contribution in [-0.4, -0.2) is 125 Å². The number of likely N-dealkylation sites (N-methyl/N-ethyl adjacent to an activating group) is 2. The molecule has 0 atom stereocenters. The van der Waals surface area contributed by atoms with Crippen molar-refractivity contribution in [2.75, 3.05) is 71.4 Å². The monoisotopic (exact) mass is 702 g/mol. The topological polar surface area (TPSA) is 134 Å². The fraction of sp³-hybridized carbons (Fsp3) is 0.333. The minimum atomic E-state index is 0.355. The van der Waals surface area contributed by atoms with Crippen molar-refractivity contribution in [1.82, 2.24) is 63.8 Å². The Balaban J connectivity index is 0.000000125. The molecule has 0 spiro atoms. The van der Waals surface area contributed by atoms with Gasteiger partial charge < -0.3 is 20.0 Å². The SMILES string of the molecule is CN1CCCN(c2nc3cncnc3n3c2nc2ccccc23)CC1.CN1CCCNCC1.Clc1nc2cncnc2n2c1nc1ccccc12. The second kappa shape index (κ2) is 14.6. The molecular weight excluding hydrogens is 664 g/mol. The minimum absolute atomic E-state index is 0.355. The Hall–Kier alpha value is -5.15.